The van der Waals surface area contributed by atoms with Gasteiger partial charge < -0.3 is 10.1 Å². The number of benzene rings is 1. The van der Waals surface area contributed by atoms with Crippen LogP contribution in [0.1, 0.15) is 20.8 Å². The van der Waals surface area contributed by atoms with Crippen LogP contribution in [-0.4, -0.2) is 24.0 Å². The van der Waals surface area contributed by atoms with Gasteiger partial charge in [0.2, 0.25) is 5.91 Å². The van der Waals surface area contributed by atoms with Crippen LogP contribution in [0.25, 0.3) is 0 Å². The lowest BCUT2D eigenvalue weighted by atomic mass is 10.3. The Morgan fingerprint density at radius 3 is 2.56 bits per heavy atom. The van der Waals surface area contributed by atoms with Gasteiger partial charge in [-0.25, -0.2) is 0 Å². The van der Waals surface area contributed by atoms with Gasteiger partial charge in [0.1, 0.15) is 5.75 Å². The summed E-state index contributed by atoms with van der Waals surface area (Å²) in [6, 6.07) is 7.44. The molecule has 4 heteroatoms. The molecule has 0 aliphatic carbocycles. The van der Waals surface area contributed by atoms with Gasteiger partial charge in [-0.2, -0.15) is 11.8 Å². The molecule has 1 aromatic carbocycles. The van der Waals surface area contributed by atoms with Gasteiger partial charge in [0.05, 0.1) is 12.4 Å². The lowest BCUT2D eigenvalue weighted by Gasteiger charge is -2.07. The third-order valence-corrected chi connectivity index (χ3v) is 3.50. The van der Waals surface area contributed by atoms with Crippen LogP contribution in [0, 0.1) is 5.92 Å². The number of anilines is 1. The quantitative estimate of drug-likeness (QED) is 0.822. The molecule has 0 unspecified atom stereocenters. The van der Waals surface area contributed by atoms with Crippen LogP contribution in [0.15, 0.2) is 24.3 Å². The van der Waals surface area contributed by atoms with E-state index in [-0.39, 0.29) is 5.91 Å². The van der Waals surface area contributed by atoms with Crippen molar-refractivity contribution in [1.29, 1.82) is 0 Å². The Kier molecular flexibility index (Phi) is 6.65. The van der Waals surface area contributed by atoms with Crippen molar-refractivity contribution in [3.63, 3.8) is 0 Å². The molecule has 0 fully saturated rings. The summed E-state index contributed by atoms with van der Waals surface area (Å²) in [4.78, 5) is 11.6. The molecule has 1 aromatic rings. The van der Waals surface area contributed by atoms with E-state index in [0.717, 1.165) is 17.2 Å². The molecule has 1 amide bonds. The number of amides is 1. The molecule has 0 heterocycles. The Morgan fingerprint density at radius 1 is 1.33 bits per heavy atom. The van der Waals surface area contributed by atoms with E-state index in [4.69, 9.17) is 4.74 Å². The Hall–Kier alpha value is -1.16. The van der Waals surface area contributed by atoms with E-state index in [0.29, 0.717) is 18.3 Å². The molecule has 100 valence electrons. The van der Waals surface area contributed by atoms with E-state index < -0.39 is 0 Å². The van der Waals surface area contributed by atoms with Gasteiger partial charge in [-0.1, -0.05) is 13.8 Å². The Morgan fingerprint density at radius 2 is 2.00 bits per heavy atom. The minimum Gasteiger partial charge on any atom is -0.494 e. The van der Waals surface area contributed by atoms with Gasteiger partial charge in [-0.05, 0) is 42.9 Å². The summed E-state index contributed by atoms with van der Waals surface area (Å²) in [6.07, 6.45) is 0. The van der Waals surface area contributed by atoms with Crippen LogP contribution in [0.5, 0.6) is 5.75 Å². The van der Waals surface area contributed by atoms with Crippen molar-refractivity contribution >= 4 is 23.4 Å². The molecule has 18 heavy (non-hydrogen) atoms. The summed E-state index contributed by atoms with van der Waals surface area (Å²) in [7, 11) is 0. The summed E-state index contributed by atoms with van der Waals surface area (Å²) < 4.78 is 5.34. The average Bonchev–Trinajstić information content (AvgIpc) is 2.31. The van der Waals surface area contributed by atoms with Crippen LogP contribution >= 0.6 is 11.8 Å². The molecule has 1 N–H and O–H groups in total. The van der Waals surface area contributed by atoms with E-state index in [1.165, 1.54) is 0 Å². The second-order valence-electron chi connectivity index (χ2n) is 4.41. The number of hydrogen-bond acceptors (Lipinski definition) is 3. The first-order valence-corrected chi connectivity index (χ1v) is 7.37. The average molecular weight is 267 g/mol. The number of hydrogen-bond donors (Lipinski definition) is 1. The van der Waals surface area contributed by atoms with Gasteiger partial charge >= 0.3 is 0 Å². The maximum atomic E-state index is 11.6. The highest BCUT2D eigenvalue weighted by Crippen LogP contribution is 2.16. The number of ether oxygens (including phenoxy) is 1. The molecule has 0 saturated carbocycles. The molecule has 0 aliphatic rings. The minimum absolute atomic E-state index is 0.0461. The first-order valence-electron chi connectivity index (χ1n) is 6.22. The Bertz CT molecular complexity index is 363. The highest BCUT2D eigenvalue weighted by molar-refractivity contribution is 7.99. The molecule has 0 aromatic heterocycles. The first kappa shape index (κ1) is 14.9. The molecule has 3 nitrogen and oxygen atoms in total. The Balaban J connectivity index is 2.35. The zero-order chi connectivity index (χ0) is 13.4. The summed E-state index contributed by atoms with van der Waals surface area (Å²) in [5.74, 6) is 3.00. The molecule has 0 radical (unpaired) electrons. The number of rotatable bonds is 7. The van der Waals surface area contributed by atoms with Gasteiger partial charge in [-0.3, -0.25) is 4.79 Å². The summed E-state index contributed by atoms with van der Waals surface area (Å²) >= 11 is 1.66. The van der Waals surface area contributed by atoms with Gasteiger partial charge in [0, 0.05) is 5.69 Å². The maximum Gasteiger partial charge on any atom is 0.234 e. The zero-order valence-electron chi connectivity index (χ0n) is 11.2. The smallest absolute Gasteiger partial charge is 0.234 e. The minimum atomic E-state index is 0.0461. The molecule has 0 saturated heterocycles. The van der Waals surface area contributed by atoms with E-state index in [9.17, 15) is 4.79 Å². The van der Waals surface area contributed by atoms with Crippen molar-refractivity contribution in [2.75, 3.05) is 23.4 Å². The highest BCUT2D eigenvalue weighted by atomic mass is 32.2. The lowest BCUT2D eigenvalue weighted by molar-refractivity contribution is -0.113. The lowest BCUT2D eigenvalue weighted by Crippen LogP contribution is -2.14. The first-order chi connectivity index (χ1) is 8.61. The van der Waals surface area contributed by atoms with E-state index in [1.807, 2.05) is 31.2 Å². The molecular formula is C14H21NO2S. The molecular weight excluding hydrogens is 246 g/mol. The van der Waals surface area contributed by atoms with E-state index in [2.05, 4.69) is 19.2 Å². The third kappa shape index (κ3) is 5.96. The standard InChI is InChI=1S/C14H21NO2S/c1-4-17-13-7-5-12(6-8-13)15-14(16)10-18-9-11(2)3/h5-8,11H,4,9-10H2,1-3H3,(H,15,16). The normalized spacial score (nSPS) is 10.4. The molecule has 0 atom stereocenters. The van der Waals surface area contributed by atoms with Gasteiger partial charge in [-0.15, -0.1) is 0 Å². The molecule has 0 bridgehead atoms. The van der Waals surface area contributed by atoms with E-state index >= 15 is 0 Å². The molecule has 0 aliphatic heterocycles. The van der Waals surface area contributed by atoms with Crippen molar-refractivity contribution < 1.29 is 9.53 Å². The van der Waals surface area contributed by atoms with Crippen molar-refractivity contribution in [3.05, 3.63) is 24.3 Å². The SMILES string of the molecule is CCOc1ccc(NC(=O)CSCC(C)C)cc1. The number of thioether (sulfide) groups is 1. The molecule has 1 rings (SSSR count). The topological polar surface area (TPSA) is 38.3 Å². The van der Waals surface area contributed by atoms with Crippen molar-refractivity contribution in [2.45, 2.75) is 20.8 Å². The van der Waals surface area contributed by atoms with Gasteiger partial charge in [0.15, 0.2) is 0 Å². The van der Waals surface area contributed by atoms with Crippen LogP contribution < -0.4 is 10.1 Å². The number of nitrogens with one attached hydrogen (secondary N) is 1. The van der Waals surface area contributed by atoms with Crippen molar-refractivity contribution in [1.82, 2.24) is 0 Å². The second-order valence-corrected chi connectivity index (χ2v) is 5.44. The Labute approximate surface area is 113 Å². The fourth-order valence-corrected chi connectivity index (χ4v) is 2.23. The fraction of sp³-hybridized carbons (Fsp3) is 0.500. The predicted octanol–water partition coefficient (Wildman–Crippen LogP) is 3.41. The largest absolute Gasteiger partial charge is 0.494 e. The fourth-order valence-electron chi connectivity index (χ4n) is 1.39. The van der Waals surface area contributed by atoms with Crippen molar-refractivity contribution in [3.8, 4) is 5.75 Å². The van der Waals surface area contributed by atoms with Gasteiger partial charge in [0.25, 0.3) is 0 Å². The molecule has 0 spiro atoms. The number of carbonyl (C=O) groups is 1. The zero-order valence-corrected chi connectivity index (χ0v) is 12.0. The van der Waals surface area contributed by atoms with Crippen molar-refractivity contribution in [2.24, 2.45) is 5.92 Å². The summed E-state index contributed by atoms with van der Waals surface area (Å²) in [6.45, 7) is 6.90. The van der Waals surface area contributed by atoms with Crippen LogP contribution in [0.3, 0.4) is 0 Å². The predicted molar refractivity (Wildman–Crippen MR) is 78.4 cm³/mol. The summed E-state index contributed by atoms with van der Waals surface area (Å²) in [5.41, 5.74) is 0.814. The highest BCUT2D eigenvalue weighted by Gasteiger charge is 2.03. The van der Waals surface area contributed by atoms with Crippen LogP contribution in [-0.2, 0) is 4.79 Å². The number of carbonyl (C=O) groups excluding carboxylic acids is 1. The summed E-state index contributed by atoms with van der Waals surface area (Å²) in [5, 5.41) is 2.87. The van der Waals surface area contributed by atoms with Crippen LogP contribution in [0.4, 0.5) is 5.69 Å². The maximum absolute atomic E-state index is 11.6. The third-order valence-electron chi connectivity index (χ3n) is 2.13. The second kappa shape index (κ2) is 8.03. The monoisotopic (exact) mass is 267 g/mol. The van der Waals surface area contributed by atoms with E-state index in [1.54, 1.807) is 11.8 Å². The van der Waals surface area contributed by atoms with Crippen LogP contribution in [0.2, 0.25) is 0 Å².